The van der Waals surface area contributed by atoms with Crippen molar-refractivity contribution < 1.29 is 9.47 Å². The summed E-state index contributed by atoms with van der Waals surface area (Å²) in [7, 11) is 1.46. The lowest BCUT2D eigenvalue weighted by atomic mass is 10.3. The van der Waals surface area contributed by atoms with Crippen LogP contribution in [-0.4, -0.2) is 31.8 Å². The minimum Gasteiger partial charge on any atom is -0.489 e. The Labute approximate surface area is 120 Å². The van der Waals surface area contributed by atoms with Crippen LogP contribution < -0.4 is 15.2 Å². The zero-order chi connectivity index (χ0) is 14.7. The first-order valence-corrected chi connectivity index (χ1v) is 6.07. The van der Waals surface area contributed by atoms with Crippen molar-refractivity contribution in [1.29, 1.82) is 0 Å². The van der Waals surface area contributed by atoms with E-state index < -0.39 is 0 Å². The van der Waals surface area contributed by atoms with Gasteiger partial charge < -0.3 is 15.2 Å². The van der Waals surface area contributed by atoms with E-state index in [0.717, 1.165) is 5.69 Å². The summed E-state index contributed by atoms with van der Waals surface area (Å²) in [6.07, 6.45) is 2.82. The predicted molar refractivity (Wildman–Crippen MR) is 74.4 cm³/mol. The minimum atomic E-state index is 0.134. The van der Waals surface area contributed by atoms with Gasteiger partial charge in [0, 0.05) is 0 Å². The van der Waals surface area contributed by atoms with E-state index >= 15 is 0 Å². The van der Waals surface area contributed by atoms with Gasteiger partial charge >= 0.3 is 6.01 Å². The molecule has 8 heteroatoms. The van der Waals surface area contributed by atoms with Gasteiger partial charge in [-0.15, -0.1) is 5.10 Å². The smallest absolute Gasteiger partial charge is 0.342 e. The van der Waals surface area contributed by atoms with E-state index in [0.29, 0.717) is 0 Å². The van der Waals surface area contributed by atoms with Crippen LogP contribution in [-0.2, 0) is 0 Å². The quantitative estimate of drug-likeness (QED) is 0.773. The van der Waals surface area contributed by atoms with E-state index in [2.05, 4.69) is 20.1 Å². The first-order chi connectivity index (χ1) is 10.3. The van der Waals surface area contributed by atoms with E-state index in [1.807, 2.05) is 30.3 Å². The van der Waals surface area contributed by atoms with Crippen molar-refractivity contribution in [3.63, 3.8) is 0 Å². The van der Waals surface area contributed by atoms with Crippen LogP contribution in [0, 0.1) is 0 Å². The van der Waals surface area contributed by atoms with Gasteiger partial charge in [-0.25, -0.2) is 9.67 Å². The molecule has 3 rings (SSSR count). The Kier molecular flexibility index (Phi) is 3.34. The van der Waals surface area contributed by atoms with Crippen molar-refractivity contribution in [2.24, 2.45) is 0 Å². The van der Waals surface area contributed by atoms with E-state index in [1.165, 1.54) is 13.4 Å². The molecule has 0 unspecified atom stereocenters. The lowest BCUT2D eigenvalue weighted by Crippen LogP contribution is -2.01. The van der Waals surface area contributed by atoms with Gasteiger partial charge in [0.2, 0.25) is 5.75 Å². The third kappa shape index (κ3) is 2.59. The lowest BCUT2D eigenvalue weighted by Gasteiger charge is -2.07. The molecule has 0 aliphatic carbocycles. The molecule has 3 aromatic rings. The second-order valence-electron chi connectivity index (χ2n) is 4.01. The fourth-order valence-corrected chi connectivity index (χ4v) is 1.72. The van der Waals surface area contributed by atoms with Crippen molar-refractivity contribution in [3.05, 3.63) is 43.0 Å². The normalized spacial score (nSPS) is 10.3. The number of nitrogens with two attached hydrogens (primary N) is 1. The van der Waals surface area contributed by atoms with Crippen molar-refractivity contribution in [2.75, 3.05) is 12.8 Å². The number of aromatic nitrogens is 5. The summed E-state index contributed by atoms with van der Waals surface area (Å²) < 4.78 is 12.2. The van der Waals surface area contributed by atoms with Gasteiger partial charge in [-0.2, -0.15) is 9.97 Å². The number of para-hydroxylation sites is 1. The Bertz CT molecular complexity index is 743. The second-order valence-corrected chi connectivity index (χ2v) is 4.01. The maximum atomic E-state index is 5.68. The average molecular weight is 284 g/mol. The molecule has 0 radical (unpaired) electrons. The number of ether oxygens (including phenoxy) is 2. The number of hydrogen-bond donors (Lipinski definition) is 1. The number of nitrogen functional groups attached to an aromatic ring is 1. The van der Waals surface area contributed by atoms with Gasteiger partial charge in [-0.05, 0) is 12.1 Å². The molecule has 0 fully saturated rings. The van der Waals surface area contributed by atoms with Crippen LogP contribution >= 0.6 is 0 Å². The second kappa shape index (κ2) is 5.45. The highest BCUT2D eigenvalue weighted by Gasteiger charge is 2.14. The molecule has 0 spiro atoms. The molecule has 0 atom stereocenters. The molecule has 106 valence electrons. The minimum absolute atomic E-state index is 0.134. The van der Waals surface area contributed by atoms with Crippen molar-refractivity contribution in [3.8, 4) is 23.3 Å². The van der Waals surface area contributed by atoms with Crippen molar-refractivity contribution in [1.82, 2.24) is 24.7 Å². The molecular formula is C13H12N6O2. The van der Waals surface area contributed by atoms with Crippen LogP contribution in [0.5, 0.6) is 17.6 Å². The summed E-state index contributed by atoms with van der Waals surface area (Å²) in [5.74, 6) is 0.592. The molecule has 0 bridgehead atoms. The first-order valence-electron chi connectivity index (χ1n) is 6.07. The highest BCUT2D eigenvalue weighted by atomic mass is 16.5. The van der Waals surface area contributed by atoms with Gasteiger partial charge in [0.15, 0.2) is 5.82 Å². The molecule has 2 N–H and O–H groups in total. The number of hydrogen-bond acceptors (Lipinski definition) is 7. The molecule has 1 aromatic carbocycles. The fourth-order valence-electron chi connectivity index (χ4n) is 1.72. The first kappa shape index (κ1) is 12.9. The van der Waals surface area contributed by atoms with Crippen LogP contribution in [0.3, 0.4) is 0 Å². The van der Waals surface area contributed by atoms with Crippen LogP contribution in [0.1, 0.15) is 0 Å². The Balaban J connectivity index is 1.87. The lowest BCUT2D eigenvalue weighted by molar-refractivity contribution is 0.357. The SMILES string of the molecule is COc1c(N)ncnc1Oc1ncn(-c2ccccc2)n1. The zero-order valence-electron chi connectivity index (χ0n) is 11.2. The van der Waals surface area contributed by atoms with Gasteiger partial charge in [0.05, 0.1) is 12.8 Å². The largest absolute Gasteiger partial charge is 0.489 e. The summed E-state index contributed by atoms with van der Waals surface area (Å²) >= 11 is 0. The Morgan fingerprint density at radius 1 is 1.10 bits per heavy atom. The number of nitrogens with zero attached hydrogens (tertiary/aromatic N) is 5. The van der Waals surface area contributed by atoms with Crippen LogP contribution in [0.25, 0.3) is 5.69 Å². The van der Waals surface area contributed by atoms with E-state index in [1.54, 1.807) is 11.0 Å². The molecule has 0 amide bonds. The third-order valence-corrected chi connectivity index (χ3v) is 2.68. The molecule has 21 heavy (non-hydrogen) atoms. The van der Waals surface area contributed by atoms with E-state index in [4.69, 9.17) is 15.2 Å². The summed E-state index contributed by atoms with van der Waals surface area (Å²) in [5, 5.41) is 4.21. The molecule has 0 aliphatic heterocycles. The van der Waals surface area contributed by atoms with Crippen LogP contribution in [0.4, 0.5) is 5.82 Å². The number of methoxy groups -OCH3 is 1. The van der Waals surface area contributed by atoms with Gasteiger partial charge in [0.1, 0.15) is 12.7 Å². The van der Waals surface area contributed by atoms with Crippen molar-refractivity contribution in [2.45, 2.75) is 0 Å². The highest BCUT2D eigenvalue weighted by molar-refractivity contribution is 5.51. The fraction of sp³-hybridized carbons (Fsp3) is 0.0769. The molecule has 0 saturated heterocycles. The van der Waals surface area contributed by atoms with Crippen molar-refractivity contribution >= 4 is 5.82 Å². The topological polar surface area (TPSA) is 101 Å². The molecular weight excluding hydrogens is 272 g/mol. The third-order valence-electron chi connectivity index (χ3n) is 2.68. The van der Waals surface area contributed by atoms with E-state index in [9.17, 15) is 0 Å². The summed E-state index contributed by atoms with van der Waals surface area (Å²) in [5.41, 5.74) is 6.55. The van der Waals surface area contributed by atoms with Crippen LogP contribution in [0.2, 0.25) is 0 Å². The standard InChI is InChI=1S/C13H12N6O2/c1-20-10-11(14)15-7-16-12(10)21-13-17-8-19(18-13)9-5-3-2-4-6-9/h2-8H,1H3,(H2,14,15,16). The summed E-state index contributed by atoms with van der Waals surface area (Å²) in [6.45, 7) is 0. The summed E-state index contributed by atoms with van der Waals surface area (Å²) in [6, 6.07) is 9.68. The van der Waals surface area contributed by atoms with Crippen LogP contribution in [0.15, 0.2) is 43.0 Å². The average Bonchev–Trinajstić information content (AvgIpc) is 2.97. The predicted octanol–water partition coefficient (Wildman–Crippen LogP) is 1.44. The molecule has 2 heterocycles. The van der Waals surface area contributed by atoms with Gasteiger partial charge in [0.25, 0.3) is 5.88 Å². The molecule has 8 nitrogen and oxygen atoms in total. The number of rotatable bonds is 4. The zero-order valence-corrected chi connectivity index (χ0v) is 11.2. The maximum absolute atomic E-state index is 5.68. The molecule has 2 aromatic heterocycles. The summed E-state index contributed by atoms with van der Waals surface area (Å²) in [4.78, 5) is 11.8. The van der Waals surface area contributed by atoms with Gasteiger partial charge in [-0.3, -0.25) is 0 Å². The maximum Gasteiger partial charge on any atom is 0.342 e. The Morgan fingerprint density at radius 2 is 1.90 bits per heavy atom. The molecule has 0 saturated carbocycles. The Hall–Kier alpha value is -3.16. The van der Waals surface area contributed by atoms with Gasteiger partial charge in [-0.1, -0.05) is 18.2 Å². The molecule has 0 aliphatic rings. The highest BCUT2D eigenvalue weighted by Crippen LogP contribution is 2.31. The number of anilines is 1. The van der Waals surface area contributed by atoms with E-state index in [-0.39, 0.29) is 23.5 Å². The monoisotopic (exact) mass is 284 g/mol. The Morgan fingerprint density at radius 3 is 2.67 bits per heavy atom. The number of benzene rings is 1.